The van der Waals surface area contributed by atoms with Crippen molar-refractivity contribution < 1.29 is 9.47 Å². The lowest BCUT2D eigenvalue weighted by Crippen LogP contribution is -2.40. The summed E-state index contributed by atoms with van der Waals surface area (Å²) in [6.07, 6.45) is 2.63. The number of nitrogens with one attached hydrogen (secondary N) is 1. The zero-order valence-corrected chi connectivity index (χ0v) is 19.4. The van der Waals surface area contributed by atoms with Gasteiger partial charge in [0.25, 0.3) is 0 Å². The molecule has 0 aliphatic carbocycles. The van der Waals surface area contributed by atoms with Crippen LogP contribution < -0.4 is 10.1 Å². The van der Waals surface area contributed by atoms with Gasteiger partial charge in [0, 0.05) is 45.8 Å². The van der Waals surface area contributed by atoms with Crippen LogP contribution >= 0.6 is 24.0 Å². The maximum atomic E-state index is 5.46. The lowest BCUT2D eigenvalue weighted by Gasteiger charge is -2.23. The van der Waals surface area contributed by atoms with Crippen LogP contribution in [0.5, 0.6) is 5.75 Å². The van der Waals surface area contributed by atoms with Gasteiger partial charge in [0.2, 0.25) is 0 Å². The molecule has 0 unspecified atom stereocenters. The molecule has 0 fully saturated rings. The van der Waals surface area contributed by atoms with E-state index in [4.69, 9.17) is 9.47 Å². The molecule has 0 spiro atoms. The Hall–Kier alpha value is -1.88. The van der Waals surface area contributed by atoms with Crippen LogP contribution in [0.2, 0.25) is 0 Å². The maximum absolute atomic E-state index is 5.46. The van der Waals surface area contributed by atoms with E-state index in [-0.39, 0.29) is 24.0 Å². The first-order valence-electron chi connectivity index (χ1n) is 9.16. The highest BCUT2D eigenvalue weighted by atomic mass is 127. The Balaban J connectivity index is 0.00000392. The second-order valence-electron chi connectivity index (χ2n) is 6.09. The van der Waals surface area contributed by atoms with Gasteiger partial charge in [0.15, 0.2) is 5.96 Å². The summed E-state index contributed by atoms with van der Waals surface area (Å²) in [4.78, 5) is 6.74. The summed E-state index contributed by atoms with van der Waals surface area (Å²) in [6, 6.07) is 8.02. The van der Waals surface area contributed by atoms with Crippen molar-refractivity contribution in [3.63, 3.8) is 0 Å². The summed E-state index contributed by atoms with van der Waals surface area (Å²) in [5.41, 5.74) is 1.11. The number of hydrogen-bond donors (Lipinski definition) is 1. The first kappa shape index (κ1) is 24.2. The van der Waals surface area contributed by atoms with Gasteiger partial charge in [-0.1, -0.05) is 25.1 Å². The zero-order chi connectivity index (χ0) is 19.5. The number of halogens is 1. The number of hydrogen-bond acceptors (Lipinski definition) is 5. The molecule has 0 aliphatic heterocycles. The molecule has 0 saturated carbocycles. The van der Waals surface area contributed by atoms with Crippen LogP contribution in [-0.4, -0.2) is 66.6 Å². The van der Waals surface area contributed by atoms with Crippen LogP contribution in [-0.2, 0) is 24.2 Å². The van der Waals surface area contributed by atoms with E-state index in [1.54, 1.807) is 20.5 Å². The molecule has 0 atom stereocenters. The molecule has 156 valence electrons. The van der Waals surface area contributed by atoms with Gasteiger partial charge in [-0.2, -0.15) is 0 Å². The number of aliphatic imine (C=N–C) groups is 1. The molecule has 0 aliphatic rings. The van der Waals surface area contributed by atoms with Crippen molar-refractivity contribution in [1.82, 2.24) is 25.0 Å². The molecule has 1 N–H and O–H groups in total. The maximum Gasteiger partial charge on any atom is 0.194 e. The van der Waals surface area contributed by atoms with Crippen LogP contribution in [0.4, 0.5) is 0 Å². The van der Waals surface area contributed by atoms with Crippen LogP contribution in [0.15, 0.2) is 35.6 Å². The van der Waals surface area contributed by atoms with Gasteiger partial charge in [-0.25, -0.2) is 0 Å². The Morgan fingerprint density at radius 2 is 2.07 bits per heavy atom. The summed E-state index contributed by atoms with van der Waals surface area (Å²) >= 11 is 0. The van der Waals surface area contributed by atoms with E-state index in [0.29, 0.717) is 19.7 Å². The SMILES string of the molecule is CCc1nncn1CCNC(=NCCOC)N(C)Cc1ccccc1OC.I. The smallest absolute Gasteiger partial charge is 0.194 e. The number of ether oxygens (including phenoxy) is 2. The number of nitrogens with zero attached hydrogens (tertiary/aromatic N) is 5. The molecular weight excluding hydrogens is 471 g/mol. The second kappa shape index (κ2) is 13.3. The molecule has 0 radical (unpaired) electrons. The van der Waals surface area contributed by atoms with E-state index >= 15 is 0 Å². The van der Waals surface area contributed by atoms with Crippen molar-refractivity contribution in [2.45, 2.75) is 26.4 Å². The van der Waals surface area contributed by atoms with Gasteiger partial charge in [0.05, 0.1) is 20.3 Å². The minimum Gasteiger partial charge on any atom is -0.496 e. The van der Waals surface area contributed by atoms with E-state index in [9.17, 15) is 0 Å². The highest BCUT2D eigenvalue weighted by molar-refractivity contribution is 14.0. The van der Waals surface area contributed by atoms with Gasteiger partial charge in [-0.3, -0.25) is 4.99 Å². The van der Waals surface area contributed by atoms with Gasteiger partial charge >= 0.3 is 0 Å². The van der Waals surface area contributed by atoms with E-state index in [2.05, 4.69) is 43.0 Å². The number of para-hydroxylation sites is 1. The monoisotopic (exact) mass is 502 g/mol. The Labute approximate surface area is 184 Å². The largest absolute Gasteiger partial charge is 0.496 e. The summed E-state index contributed by atoms with van der Waals surface area (Å²) in [5, 5.41) is 11.5. The first-order chi connectivity index (χ1) is 13.2. The lowest BCUT2D eigenvalue weighted by atomic mass is 10.2. The van der Waals surface area contributed by atoms with E-state index in [1.807, 2.05) is 25.2 Å². The predicted octanol–water partition coefficient (Wildman–Crippen LogP) is 2.19. The van der Waals surface area contributed by atoms with Crippen molar-refractivity contribution in [2.75, 3.05) is 41.0 Å². The molecule has 1 aromatic carbocycles. The summed E-state index contributed by atoms with van der Waals surface area (Å²) in [5.74, 6) is 2.68. The molecule has 0 bridgehead atoms. The fourth-order valence-electron chi connectivity index (χ4n) is 2.75. The fraction of sp³-hybridized carbons (Fsp3) is 0.526. The first-order valence-corrected chi connectivity index (χ1v) is 9.16. The molecule has 9 heteroatoms. The van der Waals surface area contributed by atoms with Crippen molar-refractivity contribution in [3.8, 4) is 5.75 Å². The summed E-state index contributed by atoms with van der Waals surface area (Å²) in [6.45, 7) is 5.46. The van der Waals surface area contributed by atoms with Crippen molar-refractivity contribution >= 4 is 29.9 Å². The van der Waals surface area contributed by atoms with Crippen LogP contribution in [0.3, 0.4) is 0 Å². The highest BCUT2D eigenvalue weighted by Gasteiger charge is 2.10. The number of benzene rings is 1. The average molecular weight is 502 g/mol. The molecule has 28 heavy (non-hydrogen) atoms. The van der Waals surface area contributed by atoms with E-state index < -0.39 is 0 Å². The number of guanidine groups is 1. The summed E-state index contributed by atoms with van der Waals surface area (Å²) < 4.78 is 12.6. The number of methoxy groups -OCH3 is 2. The van der Waals surface area contributed by atoms with Gasteiger partial charge in [-0.15, -0.1) is 34.2 Å². The molecule has 0 saturated heterocycles. The second-order valence-corrected chi connectivity index (χ2v) is 6.09. The molecule has 2 aromatic rings. The molecular formula is C19H31IN6O2. The highest BCUT2D eigenvalue weighted by Crippen LogP contribution is 2.18. The Bertz CT molecular complexity index is 722. The van der Waals surface area contributed by atoms with Crippen LogP contribution in [0, 0.1) is 0 Å². The quantitative estimate of drug-likeness (QED) is 0.232. The van der Waals surface area contributed by atoms with E-state index in [0.717, 1.165) is 42.6 Å². The molecule has 8 nitrogen and oxygen atoms in total. The minimum absolute atomic E-state index is 0. The molecule has 0 amide bonds. The summed E-state index contributed by atoms with van der Waals surface area (Å²) in [7, 11) is 5.38. The zero-order valence-electron chi connectivity index (χ0n) is 17.1. The van der Waals surface area contributed by atoms with Gasteiger partial charge < -0.3 is 24.3 Å². The molecule has 2 rings (SSSR count). The van der Waals surface area contributed by atoms with Crippen LogP contribution in [0.25, 0.3) is 0 Å². The standard InChI is InChI=1S/C19H30N6O2.HI/c1-5-18-23-22-15-25(18)12-10-20-19(21-11-13-26-3)24(2)14-16-8-6-7-9-17(16)27-4;/h6-9,15H,5,10-14H2,1-4H3,(H,20,21);1H. The van der Waals surface area contributed by atoms with Crippen molar-refractivity contribution in [3.05, 3.63) is 42.0 Å². The third kappa shape index (κ3) is 7.27. The minimum atomic E-state index is 0. The number of rotatable bonds is 10. The Morgan fingerprint density at radius 1 is 1.29 bits per heavy atom. The Morgan fingerprint density at radius 3 is 2.79 bits per heavy atom. The fourth-order valence-corrected chi connectivity index (χ4v) is 2.75. The number of aromatic nitrogens is 3. The van der Waals surface area contributed by atoms with Crippen LogP contribution in [0.1, 0.15) is 18.3 Å². The predicted molar refractivity (Wildman–Crippen MR) is 121 cm³/mol. The van der Waals surface area contributed by atoms with Gasteiger partial charge in [0.1, 0.15) is 17.9 Å². The average Bonchev–Trinajstić information content (AvgIpc) is 3.14. The lowest BCUT2D eigenvalue weighted by molar-refractivity contribution is 0.207. The van der Waals surface area contributed by atoms with Crippen molar-refractivity contribution in [2.24, 2.45) is 4.99 Å². The van der Waals surface area contributed by atoms with Gasteiger partial charge in [-0.05, 0) is 6.07 Å². The topological polar surface area (TPSA) is 76.8 Å². The molecule has 1 heterocycles. The third-order valence-corrected chi connectivity index (χ3v) is 4.17. The third-order valence-electron chi connectivity index (χ3n) is 4.17. The normalized spacial score (nSPS) is 11.1. The number of aryl methyl sites for hydroxylation is 1. The van der Waals surface area contributed by atoms with E-state index in [1.165, 1.54) is 0 Å². The Kier molecular flexibility index (Phi) is 11.5. The van der Waals surface area contributed by atoms with Crippen molar-refractivity contribution in [1.29, 1.82) is 0 Å². The molecule has 1 aromatic heterocycles.